The minimum absolute atomic E-state index is 0. The maximum Gasteiger partial charge on any atom is 0.434 e. The highest BCUT2D eigenvalue weighted by molar-refractivity contribution is 14.0. The van der Waals surface area contributed by atoms with Gasteiger partial charge in [0.25, 0.3) is 0 Å². The van der Waals surface area contributed by atoms with Crippen LogP contribution >= 0.6 is 35.3 Å². The zero-order valence-electron chi connectivity index (χ0n) is 14.6. The molecular weight excluding hydrogens is 480 g/mol. The van der Waals surface area contributed by atoms with Crippen molar-refractivity contribution in [2.24, 2.45) is 4.99 Å². The largest absolute Gasteiger partial charge is 0.434 e. The molecule has 148 valence electrons. The molecule has 26 heavy (non-hydrogen) atoms. The van der Waals surface area contributed by atoms with Crippen molar-refractivity contribution in [1.29, 1.82) is 0 Å². The number of thiazole rings is 1. The molecule has 11 heteroatoms. The average molecular weight is 504 g/mol. The van der Waals surface area contributed by atoms with E-state index < -0.39 is 11.9 Å². The topological polar surface area (TPSA) is 55.8 Å². The van der Waals surface area contributed by atoms with Crippen LogP contribution in [-0.2, 0) is 12.6 Å². The lowest BCUT2D eigenvalue weighted by Gasteiger charge is -2.47. The van der Waals surface area contributed by atoms with Gasteiger partial charge in [0.15, 0.2) is 11.7 Å². The van der Waals surface area contributed by atoms with Crippen LogP contribution in [0.5, 0.6) is 0 Å². The predicted octanol–water partition coefficient (Wildman–Crippen LogP) is 1.49. The summed E-state index contributed by atoms with van der Waals surface area (Å²) in [5.74, 6) is 0.672. The maximum atomic E-state index is 12.5. The minimum Gasteiger partial charge on any atom is -0.356 e. The predicted molar refractivity (Wildman–Crippen MR) is 107 cm³/mol. The molecule has 2 bridgehead atoms. The smallest absolute Gasteiger partial charge is 0.356 e. The van der Waals surface area contributed by atoms with E-state index in [1.165, 1.54) is 0 Å². The zero-order valence-corrected chi connectivity index (χ0v) is 17.7. The normalized spacial score (nSPS) is 25.7. The van der Waals surface area contributed by atoms with Gasteiger partial charge >= 0.3 is 6.18 Å². The summed E-state index contributed by atoms with van der Waals surface area (Å²) >= 11 is 1.04. The Bertz CT molecular complexity index is 600. The number of alkyl halides is 3. The van der Waals surface area contributed by atoms with Gasteiger partial charge in [-0.05, 0) is 0 Å². The molecular formula is C15H24F3IN6S. The molecule has 3 fully saturated rings. The van der Waals surface area contributed by atoms with Crippen molar-refractivity contribution in [3.63, 3.8) is 0 Å². The number of piperazine rings is 3. The number of fused-ring (bicyclic) bond motifs is 3. The quantitative estimate of drug-likeness (QED) is 0.362. The molecule has 0 aliphatic carbocycles. The molecule has 1 unspecified atom stereocenters. The van der Waals surface area contributed by atoms with E-state index in [4.69, 9.17) is 0 Å². The van der Waals surface area contributed by atoms with Gasteiger partial charge in [0, 0.05) is 70.7 Å². The first-order valence-electron chi connectivity index (χ1n) is 8.38. The van der Waals surface area contributed by atoms with E-state index in [9.17, 15) is 13.2 Å². The molecule has 1 aromatic heterocycles. The van der Waals surface area contributed by atoms with Gasteiger partial charge in [-0.2, -0.15) is 13.2 Å². The molecule has 0 radical (unpaired) electrons. The summed E-state index contributed by atoms with van der Waals surface area (Å²) in [7, 11) is 1.69. The van der Waals surface area contributed by atoms with Crippen LogP contribution in [0.2, 0.25) is 0 Å². The van der Waals surface area contributed by atoms with Crippen molar-refractivity contribution in [2.45, 2.75) is 18.6 Å². The molecule has 1 aromatic rings. The second kappa shape index (κ2) is 9.51. The Morgan fingerprint density at radius 3 is 2.58 bits per heavy atom. The molecule has 3 aliphatic rings. The number of halogens is 4. The van der Waals surface area contributed by atoms with Crippen molar-refractivity contribution in [3.8, 4) is 0 Å². The lowest BCUT2D eigenvalue weighted by atomic mass is 10.1. The Kier molecular flexibility index (Phi) is 7.91. The number of nitrogens with zero attached hydrogens (tertiary/aromatic N) is 4. The first-order chi connectivity index (χ1) is 12.0. The van der Waals surface area contributed by atoms with Crippen molar-refractivity contribution in [2.75, 3.05) is 52.9 Å². The number of hydrogen-bond acceptors (Lipinski definition) is 5. The fraction of sp³-hybridized carbons (Fsp3) is 0.733. The first-order valence-corrected chi connectivity index (χ1v) is 9.26. The summed E-state index contributed by atoms with van der Waals surface area (Å²) in [5, 5.41) is 7.99. The van der Waals surface area contributed by atoms with Gasteiger partial charge in [-0.1, -0.05) is 0 Å². The average Bonchev–Trinajstić information content (AvgIpc) is 3.08. The van der Waals surface area contributed by atoms with E-state index in [2.05, 4.69) is 30.4 Å². The first kappa shape index (κ1) is 21.6. The summed E-state index contributed by atoms with van der Waals surface area (Å²) in [4.78, 5) is 12.8. The van der Waals surface area contributed by atoms with Crippen molar-refractivity contribution >= 4 is 41.3 Å². The van der Waals surface area contributed by atoms with Gasteiger partial charge in [-0.3, -0.25) is 14.8 Å². The van der Waals surface area contributed by atoms with E-state index in [0.29, 0.717) is 30.0 Å². The fourth-order valence-corrected chi connectivity index (χ4v) is 4.00. The summed E-state index contributed by atoms with van der Waals surface area (Å²) in [6.45, 7) is 6.91. The van der Waals surface area contributed by atoms with Crippen LogP contribution in [0.1, 0.15) is 10.7 Å². The number of aromatic nitrogens is 1. The Morgan fingerprint density at radius 2 is 2.04 bits per heavy atom. The van der Waals surface area contributed by atoms with Crippen LogP contribution in [0, 0.1) is 0 Å². The Balaban J connectivity index is 0.00000243. The van der Waals surface area contributed by atoms with Crippen LogP contribution in [-0.4, -0.2) is 79.6 Å². The van der Waals surface area contributed by atoms with Crippen molar-refractivity contribution in [1.82, 2.24) is 25.4 Å². The number of aliphatic imine (C=N–C) groups is 1. The molecule has 3 aliphatic heterocycles. The molecule has 4 heterocycles. The van der Waals surface area contributed by atoms with Crippen LogP contribution in [0.3, 0.4) is 0 Å². The van der Waals surface area contributed by atoms with Gasteiger partial charge in [-0.15, -0.1) is 35.3 Å². The van der Waals surface area contributed by atoms with Crippen molar-refractivity contribution < 1.29 is 13.2 Å². The fourth-order valence-electron chi connectivity index (χ4n) is 3.20. The van der Waals surface area contributed by atoms with E-state index in [-0.39, 0.29) is 24.0 Å². The van der Waals surface area contributed by atoms with Crippen molar-refractivity contribution in [3.05, 3.63) is 16.1 Å². The maximum absolute atomic E-state index is 12.5. The number of hydrogen-bond donors (Lipinski definition) is 2. The third-order valence-corrected chi connectivity index (χ3v) is 5.50. The summed E-state index contributed by atoms with van der Waals surface area (Å²) in [6, 6.07) is 0.481. The Morgan fingerprint density at radius 1 is 1.31 bits per heavy atom. The number of guanidine groups is 1. The van der Waals surface area contributed by atoms with E-state index in [1.54, 1.807) is 7.05 Å². The van der Waals surface area contributed by atoms with Gasteiger partial charge in [0.1, 0.15) is 0 Å². The van der Waals surface area contributed by atoms with Crippen LogP contribution < -0.4 is 10.6 Å². The lowest BCUT2D eigenvalue weighted by molar-refractivity contribution is -0.140. The standard InChI is InChI=1S/C15H23F3N6S.HI/c1-19-14(21-8-11-9-23-4-6-24(11)7-5-23)20-3-2-13-22-12(10-25-13)15(16,17)18;/h10-11H,2-9H2,1H3,(H2,19,20,21);1H. The van der Waals surface area contributed by atoms with E-state index >= 15 is 0 Å². The number of nitrogens with one attached hydrogen (secondary N) is 2. The summed E-state index contributed by atoms with van der Waals surface area (Å²) < 4.78 is 37.6. The molecule has 0 spiro atoms. The lowest BCUT2D eigenvalue weighted by Crippen LogP contribution is -2.63. The SMILES string of the molecule is CN=C(NCCc1nc(C(F)(F)F)cs1)NCC1CN2CCN1CC2.I. The Labute approximate surface area is 172 Å². The highest BCUT2D eigenvalue weighted by atomic mass is 127. The molecule has 1 atom stereocenters. The van der Waals surface area contributed by atoms with Crippen LogP contribution in [0.15, 0.2) is 10.4 Å². The van der Waals surface area contributed by atoms with E-state index in [1.807, 2.05) is 0 Å². The molecule has 3 saturated heterocycles. The van der Waals surface area contributed by atoms with Crippen LogP contribution in [0.25, 0.3) is 0 Å². The molecule has 6 nitrogen and oxygen atoms in total. The van der Waals surface area contributed by atoms with Gasteiger partial charge in [-0.25, -0.2) is 4.98 Å². The highest BCUT2D eigenvalue weighted by Crippen LogP contribution is 2.29. The van der Waals surface area contributed by atoms with Gasteiger partial charge < -0.3 is 10.6 Å². The second-order valence-corrected chi connectivity index (χ2v) is 7.19. The van der Waals surface area contributed by atoms with Gasteiger partial charge in [0.05, 0.1) is 5.01 Å². The highest BCUT2D eigenvalue weighted by Gasteiger charge is 2.33. The molecule has 0 amide bonds. The zero-order chi connectivity index (χ0) is 17.9. The minimum atomic E-state index is -4.37. The third kappa shape index (κ3) is 5.67. The molecule has 2 N–H and O–H groups in total. The molecule has 0 saturated carbocycles. The second-order valence-electron chi connectivity index (χ2n) is 6.24. The Hall–Kier alpha value is -0.660. The third-order valence-electron chi connectivity index (χ3n) is 4.59. The monoisotopic (exact) mass is 504 g/mol. The van der Waals surface area contributed by atoms with Gasteiger partial charge in [0.2, 0.25) is 0 Å². The molecule has 0 aromatic carbocycles. The number of rotatable bonds is 5. The summed E-state index contributed by atoms with van der Waals surface area (Å²) in [5.41, 5.74) is -0.814. The van der Waals surface area contributed by atoms with E-state index in [0.717, 1.165) is 56.0 Å². The molecule has 4 rings (SSSR count). The van der Waals surface area contributed by atoms with Crippen LogP contribution in [0.4, 0.5) is 13.2 Å². The summed E-state index contributed by atoms with van der Waals surface area (Å²) in [6.07, 6.45) is -3.94.